The van der Waals surface area contributed by atoms with E-state index in [9.17, 15) is 4.21 Å². The highest BCUT2D eigenvalue weighted by molar-refractivity contribution is 9.10. The molecule has 20 heavy (non-hydrogen) atoms. The summed E-state index contributed by atoms with van der Waals surface area (Å²) in [7, 11) is -1.09. The predicted octanol–water partition coefficient (Wildman–Crippen LogP) is 2.48. The second-order valence-electron chi connectivity index (χ2n) is 5.43. The largest absolute Gasteiger partial charge is 0.398 e. The van der Waals surface area contributed by atoms with Crippen LogP contribution >= 0.6 is 15.9 Å². The third kappa shape index (κ3) is 2.79. The lowest BCUT2D eigenvalue weighted by molar-refractivity contribution is -0.0774. The zero-order chi connectivity index (χ0) is 14.2. The molecule has 0 amide bonds. The molecule has 3 unspecified atom stereocenters. The molecule has 2 aliphatic heterocycles. The van der Waals surface area contributed by atoms with E-state index in [-0.39, 0.29) is 10.9 Å². The van der Waals surface area contributed by atoms with Gasteiger partial charge in [-0.3, -0.25) is 4.21 Å². The quantitative estimate of drug-likeness (QED) is 0.824. The first kappa shape index (κ1) is 14.5. The van der Waals surface area contributed by atoms with Crippen LogP contribution in [0.5, 0.6) is 0 Å². The third-order valence-corrected chi connectivity index (χ3v) is 6.31. The summed E-state index contributed by atoms with van der Waals surface area (Å²) in [6.07, 6.45) is 2.50. The number of rotatable bonds is 2. The van der Waals surface area contributed by atoms with Crippen molar-refractivity contribution < 1.29 is 13.7 Å². The van der Waals surface area contributed by atoms with Gasteiger partial charge in [-0.25, -0.2) is 0 Å². The van der Waals surface area contributed by atoms with Gasteiger partial charge in [-0.05, 0) is 31.0 Å². The lowest BCUT2D eigenvalue weighted by Gasteiger charge is -2.36. The van der Waals surface area contributed by atoms with Gasteiger partial charge in [-0.15, -0.1) is 0 Å². The fraction of sp³-hybridized carbons (Fsp3) is 0.571. The average molecular weight is 360 g/mol. The van der Waals surface area contributed by atoms with E-state index in [1.807, 2.05) is 12.1 Å². The molecule has 0 bridgehead atoms. The topological polar surface area (TPSA) is 61.6 Å². The SMILES string of the molecule is Nc1cc(Br)ccc1S(=O)C1CCOC2(CCOC2)C1. The molecule has 4 nitrogen and oxygen atoms in total. The first-order valence-corrected chi connectivity index (χ1v) is 8.78. The van der Waals surface area contributed by atoms with Crippen molar-refractivity contribution in [1.82, 2.24) is 0 Å². The van der Waals surface area contributed by atoms with Crippen LogP contribution in [0.15, 0.2) is 27.6 Å². The van der Waals surface area contributed by atoms with Crippen LogP contribution in [-0.2, 0) is 20.3 Å². The molecule has 0 saturated carbocycles. The van der Waals surface area contributed by atoms with E-state index in [4.69, 9.17) is 15.2 Å². The number of hydrogen-bond donors (Lipinski definition) is 1. The number of nitrogens with two attached hydrogens (primary N) is 1. The molecule has 2 N–H and O–H groups in total. The standard InChI is InChI=1S/C14H18BrNO3S/c15-10-1-2-13(12(16)7-10)20(17)11-3-5-19-14(8-11)4-6-18-9-14/h1-2,7,11H,3-6,8-9,16H2. The van der Waals surface area contributed by atoms with E-state index >= 15 is 0 Å². The molecule has 2 aliphatic rings. The van der Waals surface area contributed by atoms with Gasteiger partial charge >= 0.3 is 0 Å². The summed E-state index contributed by atoms with van der Waals surface area (Å²) < 4.78 is 25.0. The van der Waals surface area contributed by atoms with E-state index in [2.05, 4.69) is 15.9 Å². The first-order chi connectivity index (χ1) is 9.60. The van der Waals surface area contributed by atoms with Gasteiger partial charge in [-0.2, -0.15) is 0 Å². The van der Waals surface area contributed by atoms with Crippen LogP contribution in [0.1, 0.15) is 19.3 Å². The Morgan fingerprint density at radius 3 is 2.95 bits per heavy atom. The van der Waals surface area contributed by atoms with Gasteiger partial charge in [0.15, 0.2) is 0 Å². The molecular formula is C14H18BrNO3S. The number of anilines is 1. The third-order valence-electron chi connectivity index (χ3n) is 4.01. The fourth-order valence-electron chi connectivity index (χ4n) is 2.91. The summed E-state index contributed by atoms with van der Waals surface area (Å²) in [6, 6.07) is 5.54. The monoisotopic (exact) mass is 359 g/mol. The molecule has 3 rings (SSSR count). The van der Waals surface area contributed by atoms with Crippen LogP contribution in [0.2, 0.25) is 0 Å². The zero-order valence-corrected chi connectivity index (χ0v) is 13.5. The summed E-state index contributed by atoms with van der Waals surface area (Å²) in [5.41, 5.74) is 6.36. The fourth-order valence-corrected chi connectivity index (χ4v) is 4.91. The van der Waals surface area contributed by atoms with Crippen molar-refractivity contribution in [3.05, 3.63) is 22.7 Å². The molecule has 0 aromatic heterocycles. The number of halogens is 1. The number of benzene rings is 1. The Balaban J connectivity index is 1.79. The Morgan fingerprint density at radius 1 is 1.40 bits per heavy atom. The minimum absolute atomic E-state index is 0.0916. The molecule has 2 saturated heterocycles. The predicted molar refractivity (Wildman–Crippen MR) is 82.1 cm³/mol. The van der Waals surface area contributed by atoms with Crippen LogP contribution in [0.3, 0.4) is 0 Å². The Hall–Kier alpha value is -0.430. The molecule has 2 heterocycles. The van der Waals surface area contributed by atoms with Crippen LogP contribution < -0.4 is 5.73 Å². The highest BCUT2D eigenvalue weighted by Gasteiger charge is 2.43. The lowest BCUT2D eigenvalue weighted by Crippen LogP contribution is -2.43. The van der Waals surface area contributed by atoms with Gasteiger partial charge in [0, 0.05) is 35.0 Å². The minimum Gasteiger partial charge on any atom is -0.398 e. The van der Waals surface area contributed by atoms with Gasteiger partial charge in [-0.1, -0.05) is 15.9 Å². The molecular weight excluding hydrogens is 342 g/mol. The van der Waals surface area contributed by atoms with Gasteiger partial charge in [0.2, 0.25) is 0 Å². The minimum atomic E-state index is -1.09. The second-order valence-corrected chi connectivity index (χ2v) is 8.05. The first-order valence-electron chi connectivity index (χ1n) is 6.77. The van der Waals surface area contributed by atoms with Crippen molar-refractivity contribution in [2.45, 2.75) is 35.0 Å². The summed E-state index contributed by atoms with van der Waals surface area (Å²) in [5, 5.41) is 0.0916. The van der Waals surface area contributed by atoms with Gasteiger partial charge < -0.3 is 15.2 Å². The van der Waals surface area contributed by atoms with Crippen molar-refractivity contribution in [3.8, 4) is 0 Å². The van der Waals surface area contributed by atoms with Crippen LogP contribution in [0.25, 0.3) is 0 Å². The van der Waals surface area contributed by atoms with Crippen molar-refractivity contribution >= 4 is 32.4 Å². The molecule has 3 atom stereocenters. The number of hydrogen-bond acceptors (Lipinski definition) is 4. The van der Waals surface area contributed by atoms with E-state index < -0.39 is 10.8 Å². The molecule has 2 fully saturated rings. The Morgan fingerprint density at radius 2 is 2.25 bits per heavy atom. The van der Waals surface area contributed by atoms with E-state index in [1.165, 1.54) is 0 Å². The van der Waals surface area contributed by atoms with Crippen molar-refractivity contribution in [1.29, 1.82) is 0 Å². The maximum atomic E-state index is 12.8. The van der Waals surface area contributed by atoms with E-state index in [0.717, 1.165) is 35.2 Å². The highest BCUT2D eigenvalue weighted by atomic mass is 79.9. The summed E-state index contributed by atoms with van der Waals surface area (Å²) in [4.78, 5) is 0.731. The lowest BCUT2D eigenvalue weighted by atomic mass is 9.93. The van der Waals surface area contributed by atoms with Crippen LogP contribution in [0.4, 0.5) is 5.69 Å². The second kappa shape index (κ2) is 5.75. The van der Waals surface area contributed by atoms with Crippen LogP contribution in [0, 0.1) is 0 Å². The molecule has 6 heteroatoms. The number of ether oxygens (including phenoxy) is 2. The maximum absolute atomic E-state index is 12.8. The van der Waals surface area contributed by atoms with Crippen molar-refractivity contribution in [2.24, 2.45) is 0 Å². The summed E-state index contributed by atoms with van der Waals surface area (Å²) >= 11 is 3.37. The van der Waals surface area contributed by atoms with Crippen molar-refractivity contribution in [2.75, 3.05) is 25.6 Å². The molecule has 110 valence electrons. The van der Waals surface area contributed by atoms with Gasteiger partial charge in [0.05, 0.1) is 27.9 Å². The molecule has 1 spiro atoms. The van der Waals surface area contributed by atoms with E-state index in [0.29, 0.717) is 18.9 Å². The Bertz CT molecular complexity index is 531. The van der Waals surface area contributed by atoms with Gasteiger partial charge in [0.25, 0.3) is 0 Å². The van der Waals surface area contributed by atoms with E-state index in [1.54, 1.807) is 6.07 Å². The smallest absolute Gasteiger partial charge is 0.0948 e. The average Bonchev–Trinajstić information content (AvgIpc) is 2.86. The number of nitrogen functional groups attached to an aromatic ring is 1. The molecule has 1 aromatic carbocycles. The van der Waals surface area contributed by atoms with Crippen LogP contribution in [-0.4, -0.2) is 34.9 Å². The normalized spacial score (nSPS) is 31.6. The molecule has 0 radical (unpaired) electrons. The molecule has 1 aromatic rings. The highest BCUT2D eigenvalue weighted by Crippen LogP contribution is 2.37. The molecule has 0 aliphatic carbocycles. The summed E-state index contributed by atoms with van der Waals surface area (Å²) in [6.45, 7) is 2.01. The van der Waals surface area contributed by atoms with Crippen molar-refractivity contribution in [3.63, 3.8) is 0 Å². The summed E-state index contributed by atoms with van der Waals surface area (Å²) in [5.74, 6) is 0. The Labute approximate surface area is 129 Å². The van der Waals surface area contributed by atoms with Gasteiger partial charge in [0.1, 0.15) is 0 Å². The Kier molecular flexibility index (Phi) is 4.17. The zero-order valence-electron chi connectivity index (χ0n) is 11.1. The maximum Gasteiger partial charge on any atom is 0.0948 e.